The molecule has 1 atom stereocenters. The predicted octanol–water partition coefficient (Wildman–Crippen LogP) is 2.90. The molecule has 0 heterocycles. The van der Waals surface area contributed by atoms with Crippen molar-refractivity contribution in [2.75, 3.05) is 5.75 Å². The maximum Gasteiger partial charge on any atom is 0.181 e. The fourth-order valence-corrected chi connectivity index (χ4v) is 3.37. The molecule has 0 saturated heterocycles. The van der Waals surface area contributed by atoms with E-state index >= 15 is 0 Å². The first-order valence-electron chi connectivity index (χ1n) is 6.67. The molecule has 0 amide bonds. The molecule has 0 spiro atoms. The van der Waals surface area contributed by atoms with E-state index in [1.165, 1.54) is 12.1 Å². The molecule has 0 aliphatic rings. The number of aryl methyl sites for hydroxylation is 1. The summed E-state index contributed by atoms with van der Waals surface area (Å²) in [7, 11) is -3.66. The Bertz CT molecular complexity index is 691. The van der Waals surface area contributed by atoms with Crippen molar-refractivity contribution >= 4 is 9.84 Å². The summed E-state index contributed by atoms with van der Waals surface area (Å²) in [6, 6.07) is 11.8. The van der Waals surface area contributed by atoms with Gasteiger partial charge in [0, 0.05) is 0 Å². The third kappa shape index (κ3) is 3.89. The van der Waals surface area contributed by atoms with Crippen molar-refractivity contribution < 1.29 is 17.9 Å². The minimum atomic E-state index is -3.66. The van der Waals surface area contributed by atoms with Crippen molar-refractivity contribution in [1.29, 1.82) is 0 Å². The van der Waals surface area contributed by atoms with Crippen molar-refractivity contribution in [2.45, 2.75) is 24.3 Å². The molecule has 1 N–H and O–H groups in total. The topological polar surface area (TPSA) is 54.4 Å². The maximum atomic E-state index is 12.8. The van der Waals surface area contributed by atoms with E-state index in [2.05, 4.69) is 0 Å². The highest BCUT2D eigenvalue weighted by molar-refractivity contribution is 7.91. The minimum Gasteiger partial charge on any atom is -0.387 e. The number of rotatable bonds is 5. The summed E-state index contributed by atoms with van der Waals surface area (Å²) in [5.41, 5.74) is 1.67. The molecule has 5 heteroatoms. The van der Waals surface area contributed by atoms with Crippen LogP contribution < -0.4 is 0 Å². The van der Waals surface area contributed by atoms with Gasteiger partial charge < -0.3 is 5.11 Å². The van der Waals surface area contributed by atoms with Crippen molar-refractivity contribution in [2.24, 2.45) is 0 Å². The summed E-state index contributed by atoms with van der Waals surface area (Å²) >= 11 is 0. The molecule has 0 aromatic heterocycles. The van der Waals surface area contributed by atoms with E-state index in [9.17, 15) is 17.9 Å². The number of aliphatic hydroxyl groups is 1. The predicted molar refractivity (Wildman–Crippen MR) is 79.2 cm³/mol. The molecule has 0 aliphatic heterocycles. The highest BCUT2D eigenvalue weighted by atomic mass is 32.2. The Hall–Kier alpha value is -1.72. The number of aliphatic hydroxyl groups excluding tert-OH is 1. The van der Waals surface area contributed by atoms with Crippen LogP contribution in [0.15, 0.2) is 53.4 Å². The Kier molecular flexibility index (Phi) is 4.75. The van der Waals surface area contributed by atoms with E-state index in [1.807, 2.05) is 19.1 Å². The van der Waals surface area contributed by atoms with Gasteiger partial charge in [0.15, 0.2) is 9.84 Å². The molecule has 2 aromatic rings. The lowest BCUT2D eigenvalue weighted by atomic mass is 10.1. The number of hydrogen-bond donors (Lipinski definition) is 1. The monoisotopic (exact) mass is 308 g/mol. The lowest BCUT2D eigenvalue weighted by molar-refractivity contribution is 0.201. The molecule has 0 aliphatic carbocycles. The van der Waals surface area contributed by atoms with Gasteiger partial charge in [-0.1, -0.05) is 31.2 Å². The average Bonchev–Trinajstić information content (AvgIpc) is 2.47. The molecule has 0 fully saturated rings. The van der Waals surface area contributed by atoms with Gasteiger partial charge in [-0.2, -0.15) is 0 Å². The van der Waals surface area contributed by atoms with E-state index in [-0.39, 0.29) is 4.90 Å². The lowest BCUT2D eigenvalue weighted by Crippen LogP contribution is -2.14. The Labute approximate surface area is 124 Å². The summed E-state index contributed by atoms with van der Waals surface area (Å²) in [5.74, 6) is -0.922. The summed E-state index contributed by atoms with van der Waals surface area (Å²) in [6.45, 7) is 2.02. The van der Waals surface area contributed by atoms with Crippen molar-refractivity contribution in [3.05, 3.63) is 65.5 Å². The van der Waals surface area contributed by atoms with Gasteiger partial charge in [0.05, 0.1) is 16.8 Å². The number of halogens is 1. The fourth-order valence-electron chi connectivity index (χ4n) is 2.02. The van der Waals surface area contributed by atoms with Gasteiger partial charge in [0.25, 0.3) is 0 Å². The second kappa shape index (κ2) is 6.37. The lowest BCUT2D eigenvalue weighted by Gasteiger charge is -2.12. The third-order valence-electron chi connectivity index (χ3n) is 3.32. The SMILES string of the molecule is CCc1ccc(C(O)CS(=O)(=O)c2ccc(F)cc2)cc1. The van der Waals surface area contributed by atoms with Crippen LogP contribution in [0.4, 0.5) is 4.39 Å². The normalized spacial score (nSPS) is 13.1. The second-order valence-corrected chi connectivity index (χ2v) is 6.88. The van der Waals surface area contributed by atoms with Crippen LogP contribution in [-0.2, 0) is 16.3 Å². The third-order valence-corrected chi connectivity index (χ3v) is 5.07. The zero-order valence-electron chi connectivity index (χ0n) is 11.7. The van der Waals surface area contributed by atoms with Crippen molar-refractivity contribution in [1.82, 2.24) is 0 Å². The fraction of sp³-hybridized carbons (Fsp3) is 0.250. The van der Waals surface area contributed by atoms with Crippen LogP contribution in [0.1, 0.15) is 24.2 Å². The zero-order valence-corrected chi connectivity index (χ0v) is 12.5. The smallest absolute Gasteiger partial charge is 0.181 e. The average molecular weight is 308 g/mol. The Morgan fingerprint density at radius 1 is 1.05 bits per heavy atom. The second-order valence-electron chi connectivity index (χ2n) is 4.85. The molecular weight excluding hydrogens is 291 g/mol. The van der Waals surface area contributed by atoms with Gasteiger partial charge in [-0.05, 0) is 41.8 Å². The van der Waals surface area contributed by atoms with E-state index in [0.29, 0.717) is 5.56 Å². The van der Waals surface area contributed by atoms with Crippen LogP contribution in [0.3, 0.4) is 0 Å². The van der Waals surface area contributed by atoms with Crippen molar-refractivity contribution in [3.63, 3.8) is 0 Å². The number of benzene rings is 2. The first-order valence-corrected chi connectivity index (χ1v) is 8.33. The molecule has 0 bridgehead atoms. The first kappa shape index (κ1) is 15.7. The molecule has 3 nitrogen and oxygen atoms in total. The van der Waals surface area contributed by atoms with Gasteiger partial charge in [-0.15, -0.1) is 0 Å². The van der Waals surface area contributed by atoms with Crippen LogP contribution in [0.25, 0.3) is 0 Å². The number of hydrogen-bond acceptors (Lipinski definition) is 3. The quantitative estimate of drug-likeness (QED) is 0.864. The van der Waals surface area contributed by atoms with Gasteiger partial charge in [0.2, 0.25) is 0 Å². The molecule has 0 saturated carbocycles. The van der Waals surface area contributed by atoms with E-state index in [4.69, 9.17) is 0 Å². The highest BCUT2D eigenvalue weighted by Crippen LogP contribution is 2.20. The minimum absolute atomic E-state index is 0.00753. The van der Waals surface area contributed by atoms with Crippen LogP contribution in [0.5, 0.6) is 0 Å². The van der Waals surface area contributed by atoms with Gasteiger partial charge in [-0.3, -0.25) is 0 Å². The highest BCUT2D eigenvalue weighted by Gasteiger charge is 2.21. The van der Waals surface area contributed by atoms with E-state index in [1.54, 1.807) is 12.1 Å². The van der Waals surface area contributed by atoms with E-state index in [0.717, 1.165) is 24.1 Å². The molecular formula is C16H17FO3S. The maximum absolute atomic E-state index is 12.8. The Balaban J connectivity index is 2.17. The standard InChI is InChI=1S/C16H17FO3S/c1-2-12-3-5-13(6-4-12)16(18)11-21(19,20)15-9-7-14(17)8-10-15/h3-10,16,18H,2,11H2,1H3. The molecule has 0 radical (unpaired) electrons. The molecule has 2 rings (SSSR count). The van der Waals surface area contributed by atoms with Gasteiger partial charge in [0.1, 0.15) is 5.82 Å². The largest absolute Gasteiger partial charge is 0.387 e. The summed E-state index contributed by atoms with van der Waals surface area (Å²) in [5, 5.41) is 10.1. The molecule has 112 valence electrons. The summed E-state index contributed by atoms with van der Waals surface area (Å²) < 4.78 is 37.2. The molecule has 2 aromatic carbocycles. The Morgan fingerprint density at radius 3 is 2.14 bits per heavy atom. The first-order chi connectivity index (χ1) is 9.92. The summed E-state index contributed by atoms with van der Waals surface area (Å²) in [6.07, 6.45) is -0.226. The molecule has 21 heavy (non-hydrogen) atoms. The van der Waals surface area contributed by atoms with Gasteiger partial charge >= 0.3 is 0 Å². The van der Waals surface area contributed by atoms with E-state index < -0.39 is 27.5 Å². The van der Waals surface area contributed by atoms with Gasteiger partial charge in [-0.25, -0.2) is 12.8 Å². The zero-order chi connectivity index (χ0) is 15.5. The molecule has 1 unspecified atom stereocenters. The van der Waals surface area contributed by atoms with Crippen LogP contribution in [0.2, 0.25) is 0 Å². The van der Waals surface area contributed by atoms with Crippen molar-refractivity contribution in [3.8, 4) is 0 Å². The van der Waals surface area contributed by atoms with Crippen LogP contribution in [0, 0.1) is 5.82 Å². The number of sulfone groups is 1. The summed E-state index contributed by atoms with van der Waals surface area (Å²) in [4.78, 5) is 0.00753. The van der Waals surface area contributed by atoms with Crippen LogP contribution >= 0.6 is 0 Å². The van der Waals surface area contributed by atoms with Crippen LogP contribution in [-0.4, -0.2) is 19.3 Å². The Morgan fingerprint density at radius 2 is 1.62 bits per heavy atom.